The molecular weight excluding hydrogens is 246 g/mol. The van der Waals surface area contributed by atoms with Crippen LogP contribution in [0.1, 0.15) is 69.4 Å². The maximum absolute atomic E-state index is 4.83. The summed E-state index contributed by atoms with van der Waals surface area (Å²) in [7, 11) is 0. The number of aryl methyl sites for hydroxylation is 1. The molecule has 0 bridgehead atoms. The number of aromatic nitrogens is 2. The molecule has 0 spiro atoms. The molecule has 2 rings (SSSR count). The predicted octanol–water partition coefficient (Wildman–Crippen LogP) is 3.93. The minimum absolute atomic E-state index is 0.346. The van der Waals surface area contributed by atoms with Crippen LogP contribution in [0.3, 0.4) is 0 Å². The fraction of sp³-hybridized carbons (Fsp3) is 0.824. The lowest BCUT2D eigenvalue weighted by molar-refractivity contribution is 0.105. The van der Waals surface area contributed by atoms with E-state index < -0.39 is 0 Å². The molecule has 1 aromatic rings. The maximum Gasteiger partial charge on any atom is 0.0680 e. The van der Waals surface area contributed by atoms with E-state index in [2.05, 4.69) is 51.5 Å². The van der Waals surface area contributed by atoms with Crippen LogP contribution in [-0.2, 0) is 0 Å². The molecule has 1 N–H and O–H groups in total. The molecule has 0 aliphatic heterocycles. The standard InChI is InChI=1S/C17H31N3/c1-7-11-18-16-15(9-8-10-17(16,5)6)20-14(4)12(2)13(3)19-20/h15-16,18H,7-11H2,1-6H3. The van der Waals surface area contributed by atoms with E-state index in [-0.39, 0.29) is 0 Å². The third kappa shape index (κ3) is 2.78. The van der Waals surface area contributed by atoms with Crippen LogP contribution in [0.4, 0.5) is 0 Å². The normalized spacial score (nSPS) is 25.9. The highest BCUT2D eigenvalue weighted by molar-refractivity contribution is 5.23. The van der Waals surface area contributed by atoms with Crippen molar-refractivity contribution in [3.05, 3.63) is 17.0 Å². The van der Waals surface area contributed by atoms with Crippen molar-refractivity contribution in [1.29, 1.82) is 0 Å². The monoisotopic (exact) mass is 277 g/mol. The second-order valence-electron chi connectivity index (χ2n) is 7.12. The molecule has 20 heavy (non-hydrogen) atoms. The maximum atomic E-state index is 4.83. The Bertz CT molecular complexity index is 459. The van der Waals surface area contributed by atoms with E-state index >= 15 is 0 Å². The Balaban J connectivity index is 2.33. The Hall–Kier alpha value is -0.830. The number of hydrogen-bond donors (Lipinski definition) is 1. The first-order chi connectivity index (χ1) is 9.38. The fourth-order valence-corrected chi connectivity index (χ4v) is 3.65. The summed E-state index contributed by atoms with van der Waals surface area (Å²) < 4.78 is 2.30. The van der Waals surface area contributed by atoms with Gasteiger partial charge in [0.2, 0.25) is 0 Å². The van der Waals surface area contributed by atoms with E-state index in [1.54, 1.807) is 0 Å². The first-order valence-electron chi connectivity index (χ1n) is 8.14. The first-order valence-corrected chi connectivity index (χ1v) is 8.14. The average Bonchev–Trinajstić information content (AvgIpc) is 2.64. The van der Waals surface area contributed by atoms with Crippen LogP contribution in [0.15, 0.2) is 0 Å². The van der Waals surface area contributed by atoms with Gasteiger partial charge in [0, 0.05) is 11.7 Å². The summed E-state index contributed by atoms with van der Waals surface area (Å²) in [6.07, 6.45) is 5.05. The van der Waals surface area contributed by atoms with Crippen molar-refractivity contribution in [1.82, 2.24) is 15.1 Å². The molecule has 1 aromatic heterocycles. The molecule has 3 heteroatoms. The first kappa shape index (κ1) is 15.6. The van der Waals surface area contributed by atoms with Crippen molar-refractivity contribution in [3.63, 3.8) is 0 Å². The van der Waals surface area contributed by atoms with E-state index in [9.17, 15) is 0 Å². The molecule has 1 heterocycles. The minimum atomic E-state index is 0.346. The minimum Gasteiger partial charge on any atom is -0.311 e. The van der Waals surface area contributed by atoms with Gasteiger partial charge in [0.25, 0.3) is 0 Å². The summed E-state index contributed by atoms with van der Waals surface area (Å²) in [5.74, 6) is 0. The molecule has 1 saturated carbocycles. The summed E-state index contributed by atoms with van der Waals surface area (Å²) in [4.78, 5) is 0. The Kier molecular flexibility index (Phi) is 4.58. The van der Waals surface area contributed by atoms with Gasteiger partial charge in [-0.3, -0.25) is 4.68 Å². The highest BCUT2D eigenvalue weighted by Gasteiger charge is 2.40. The van der Waals surface area contributed by atoms with Crippen LogP contribution in [0.5, 0.6) is 0 Å². The average molecular weight is 277 g/mol. The second-order valence-corrected chi connectivity index (χ2v) is 7.12. The van der Waals surface area contributed by atoms with Crippen LogP contribution in [-0.4, -0.2) is 22.4 Å². The summed E-state index contributed by atoms with van der Waals surface area (Å²) in [5, 5.41) is 8.64. The molecule has 0 saturated heterocycles. The molecule has 3 nitrogen and oxygen atoms in total. The van der Waals surface area contributed by atoms with Crippen LogP contribution in [0.2, 0.25) is 0 Å². The second kappa shape index (κ2) is 5.88. The van der Waals surface area contributed by atoms with Crippen molar-refractivity contribution in [2.24, 2.45) is 5.41 Å². The van der Waals surface area contributed by atoms with E-state index in [1.165, 1.54) is 42.6 Å². The lowest BCUT2D eigenvalue weighted by Crippen LogP contribution is -2.51. The van der Waals surface area contributed by atoms with E-state index in [0.29, 0.717) is 17.5 Å². The molecule has 114 valence electrons. The van der Waals surface area contributed by atoms with Gasteiger partial charge in [0.1, 0.15) is 0 Å². The highest BCUT2D eigenvalue weighted by atomic mass is 15.3. The molecule has 1 fully saturated rings. The Morgan fingerprint density at radius 3 is 2.55 bits per heavy atom. The summed E-state index contributed by atoms with van der Waals surface area (Å²) in [5.41, 5.74) is 4.22. The molecular formula is C17H31N3. The lowest BCUT2D eigenvalue weighted by Gasteiger charge is -2.45. The summed E-state index contributed by atoms with van der Waals surface area (Å²) in [6, 6.07) is 1.02. The van der Waals surface area contributed by atoms with E-state index in [1.807, 2.05) is 0 Å². The van der Waals surface area contributed by atoms with Crippen LogP contribution in [0.25, 0.3) is 0 Å². The Morgan fingerprint density at radius 2 is 2.00 bits per heavy atom. The van der Waals surface area contributed by atoms with Crippen molar-refractivity contribution < 1.29 is 0 Å². The number of rotatable bonds is 4. The summed E-state index contributed by atoms with van der Waals surface area (Å²) in [6.45, 7) is 14.7. The number of nitrogens with zero attached hydrogens (tertiary/aromatic N) is 2. The van der Waals surface area contributed by atoms with Crippen LogP contribution < -0.4 is 5.32 Å². The Morgan fingerprint density at radius 1 is 1.30 bits per heavy atom. The number of nitrogens with one attached hydrogen (secondary N) is 1. The van der Waals surface area contributed by atoms with Gasteiger partial charge in [-0.2, -0.15) is 5.10 Å². The highest BCUT2D eigenvalue weighted by Crippen LogP contribution is 2.41. The SMILES string of the molecule is CCCNC1C(n2nc(C)c(C)c2C)CCCC1(C)C. The van der Waals surface area contributed by atoms with E-state index in [0.717, 1.165) is 6.54 Å². The lowest BCUT2D eigenvalue weighted by atomic mass is 9.70. The predicted molar refractivity (Wildman–Crippen MR) is 85.2 cm³/mol. The largest absolute Gasteiger partial charge is 0.311 e. The third-order valence-corrected chi connectivity index (χ3v) is 5.16. The molecule has 1 aliphatic carbocycles. The smallest absolute Gasteiger partial charge is 0.0680 e. The molecule has 0 radical (unpaired) electrons. The molecule has 0 amide bonds. The van der Waals surface area contributed by atoms with E-state index in [4.69, 9.17) is 5.10 Å². The van der Waals surface area contributed by atoms with Gasteiger partial charge in [-0.15, -0.1) is 0 Å². The fourth-order valence-electron chi connectivity index (χ4n) is 3.65. The van der Waals surface area contributed by atoms with Gasteiger partial charge in [0.15, 0.2) is 0 Å². The van der Waals surface area contributed by atoms with Gasteiger partial charge in [-0.05, 0) is 57.6 Å². The van der Waals surface area contributed by atoms with Gasteiger partial charge in [-0.1, -0.05) is 27.2 Å². The van der Waals surface area contributed by atoms with Crippen molar-refractivity contribution in [2.45, 2.75) is 79.3 Å². The van der Waals surface area contributed by atoms with Crippen molar-refractivity contribution >= 4 is 0 Å². The zero-order valence-electron chi connectivity index (χ0n) is 14.1. The van der Waals surface area contributed by atoms with Gasteiger partial charge in [-0.25, -0.2) is 0 Å². The van der Waals surface area contributed by atoms with Gasteiger partial charge in [0.05, 0.1) is 11.7 Å². The third-order valence-electron chi connectivity index (χ3n) is 5.16. The van der Waals surface area contributed by atoms with Crippen LogP contribution >= 0.6 is 0 Å². The zero-order chi connectivity index (χ0) is 14.9. The van der Waals surface area contributed by atoms with Crippen molar-refractivity contribution in [3.8, 4) is 0 Å². The van der Waals surface area contributed by atoms with Crippen LogP contribution in [0, 0.1) is 26.2 Å². The topological polar surface area (TPSA) is 29.9 Å². The molecule has 1 aliphatic rings. The molecule has 2 atom stereocenters. The van der Waals surface area contributed by atoms with Crippen molar-refractivity contribution in [2.75, 3.05) is 6.54 Å². The number of hydrogen-bond acceptors (Lipinski definition) is 2. The molecule has 2 unspecified atom stereocenters. The van der Waals surface area contributed by atoms with Gasteiger partial charge >= 0.3 is 0 Å². The Labute approximate surface area is 124 Å². The quantitative estimate of drug-likeness (QED) is 0.903. The zero-order valence-corrected chi connectivity index (χ0v) is 14.1. The summed E-state index contributed by atoms with van der Waals surface area (Å²) >= 11 is 0. The van der Waals surface area contributed by atoms with Gasteiger partial charge < -0.3 is 5.32 Å². The molecule has 0 aromatic carbocycles.